The molecule has 0 saturated carbocycles. The lowest BCUT2D eigenvalue weighted by Gasteiger charge is -2.19. The van der Waals surface area contributed by atoms with Gasteiger partial charge in [0.05, 0.1) is 0 Å². The van der Waals surface area contributed by atoms with E-state index < -0.39 is 0 Å². The van der Waals surface area contributed by atoms with Crippen molar-refractivity contribution in [3.05, 3.63) is 11.6 Å². The van der Waals surface area contributed by atoms with Crippen molar-refractivity contribution in [3.63, 3.8) is 0 Å². The molecular formula is C13H24N2O. The smallest absolute Gasteiger partial charge is 0.226 e. The summed E-state index contributed by atoms with van der Waals surface area (Å²) < 4.78 is 0. The Labute approximate surface area is 98.9 Å². The number of allylic oxidation sites excluding steroid dienone is 1. The quantitative estimate of drug-likeness (QED) is 0.552. The Morgan fingerprint density at radius 3 is 2.94 bits per heavy atom. The van der Waals surface area contributed by atoms with Crippen LogP contribution in [0.1, 0.15) is 38.5 Å². The zero-order chi connectivity index (χ0) is 11.8. The van der Waals surface area contributed by atoms with Crippen LogP contribution < -0.4 is 5.32 Å². The fraction of sp³-hybridized carbons (Fsp3) is 0.769. The van der Waals surface area contributed by atoms with Crippen LogP contribution in [0.5, 0.6) is 0 Å². The van der Waals surface area contributed by atoms with Crippen LogP contribution in [0.15, 0.2) is 11.6 Å². The second kappa shape index (κ2) is 7.44. The van der Waals surface area contributed by atoms with E-state index in [9.17, 15) is 4.79 Å². The van der Waals surface area contributed by atoms with Crippen molar-refractivity contribution in [2.45, 2.75) is 38.5 Å². The Morgan fingerprint density at radius 2 is 2.31 bits per heavy atom. The molecule has 1 amide bonds. The first-order chi connectivity index (χ1) is 7.74. The molecule has 3 heteroatoms. The monoisotopic (exact) mass is 224 g/mol. The van der Waals surface area contributed by atoms with Crippen molar-refractivity contribution >= 4 is 5.91 Å². The molecule has 1 N–H and O–H groups in total. The summed E-state index contributed by atoms with van der Waals surface area (Å²) >= 11 is 0. The Balaban J connectivity index is 2.25. The largest absolute Gasteiger partial charge is 0.345 e. The van der Waals surface area contributed by atoms with E-state index >= 15 is 0 Å². The third-order valence-corrected chi connectivity index (χ3v) is 3.11. The molecular weight excluding hydrogens is 200 g/mol. The molecule has 0 aromatic rings. The number of nitrogens with zero attached hydrogens (tertiary/aromatic N) is 1. The van der Waals surface area contributed by atoms with Gasteiger partial charge in [0.1, 0.15) is 0 Å². The van der Waals surface area contributed by atoms with Crippen molar-refractivity contribution in [3.8, 4) is 0 Å². The summed E-state index contributed by atoms with van der Waals surface area (Å²) in [6.07, 6.45) is 8.73. The highest BCUT2D eigenvalue weighted by molar-refractivity contribution is 5.78. The summed E-state index contributed by atoms with van der Waals surface area (Å²) in [4.78, 5) is 13.7. The Morgan fingerprint density at radius 1 is 1.50 bits per heavy atom. The van der Waals surface area contributed by atoms with E-state index in [0.29, 0.717) is 6.42 Å². The van der Waals surface area contributed by atoms with Gasteiger partial charge in [-0.05, 0) is 45.7 Å². The molecule has 92 valence electrons. The van der Waals surface area contributed by atoms with Crippen LogP contribution in [0.25, 0.3) is 0 Å². The first-order valence-corrected chi connectivity index (χ1v) is 6.30. The molecule has 1 aliphatic rings. The number of carbonyl (C=O) groups excluding carboxylic acids is 1. The summed E-state index contributed by atoms with van der Waals surface area (Å²) in [6.45, 7) is 1.83. The van der Waals surface area contributed by atoms with Crippen LogP contribution in [-0.4, -0.2) is 38.0 Å². The van der Waals surface area contributed by atoms with E-state index in [1.54, 1.807) is 0 Å². The molecule has 0 bridgehead atoms. The average Bonchev–Trinajstić information content (AvgIpc) is 2.30. The van der Waals surface area contributed by atoms with E-state index in [0.717, 1.165) is 32.4 Å². The van der Waals surface area contributed by atoms with Crippen molar-refractivity contribution < 1.29 is 4.79 Å². The maximum absolute atomic E-state index is 11.9. The Hall–Kier alpha value is -0.830. The van der Waals surface area contributed by atoms with Gasteiger partial charge < -0.3 is 10.2 Å². The maximum atomic E-state index is 11.9. The minimum Gasteiger partial charge on any atom is -0.345 e. The number of carbonyl (C=O) groups is 1. The molecule has 0 saturated heterocycles. The molecule has 0 radical (unpaired) electrons. The van der Waals surface area contributed by atoms with Crippen LogP contribution in [-0.2, 0) is 4.79 Å². The Kier molecular flexibility index (Phi) is 6.16. The molecule has 0 aliphatic heterocycles. The van der Waals surface area contributed by atoms with Crippen molar-refractivity contribution in [1.29, 1.82) is 0 Å². The third kappa shape index (κ3) is 4.79. The summed E-state index contributed by atoms with van der Waals surface area (Å²) in [5.74, 6) is 0.268. The number of rotatable bonds is 6. The fourth-order valence-corrected chi connectivity index (χ4v) is 2.01. The molecule has 1 aliphatic carbocycles. The van der Waals surface area contributed by atoms with Crippen molar-refractivity contribution in [1.82, 2.24) is 10.2 Å². The van der Waals surface area contributed by atoms with Gasteiger partial charge in [0.15, 0.2) is 0 Å². The first kappa shape index (κ1) is 13.2. The van der Waals surface area contributed by atoms with Crippen LogP contribution >= 0.6 is 0 Å². The zero-order valence-corrected chi connectivity index (χ0v) is 10.6. The predicted molar refractivity (Wildman–Crippen MR) is 67.3 cm³/mol. The molecule has 0 atom stereocenters. The van der Waals surface area contributed by atoms with Gasteiger partial charge in [-0.2, -0.15) is 0 Å². The normalized spacial score (nSPS) is 15.8. The predicted octanol–water partition coefficient (Wildman–Crippen LogP) is 1.94. The van der Waals surface area contributed by atoms with E-state index in [1.807, 2.05) is 19.0 Å². The van der Waals surface area contributed by atoms with Crippen LogP contribution in [0.4, 0.5) is 0 Å². The van der Waals surface area contributed by atoms with E-state index in [4.69, 9.17) is 0 Å². The molecule has 0 heterocycles. The molecule has 0 aromatic carbocycles. The van der Waals surface area contributed by atoms with Gasteiger partial charge in [-0.1, -0.05) is 11.6 Å². The number of hydrogen-bond donors (Lipinski definition) is 1. The SMILES string of the molecule is CNCCCN(C)C(=O)CC1=CCCCC1. The van der Waals surface area contributed by atoms with Gasteiger partial charge in [0.25, 0.3) is 0 Å². The molecule has 0 fully saturated rings. The number of amides is 1. The van der Waals surface area contributed by atoms with Crippen molar-refractivity contribution in [2.24, 2.45) is 0 Å². The summed E-state index contributed by atoms with van der Waals surface area (Å²) in [6, 6.07) is 0. The Bertz CT molecular complexity index is 248. The van der Waals surface area contributed by atoms with Gasteiger partial charge in [-0.3, -0.25) is 4.79 Å². The number of hydrogen-bond acceptors (Lipinski definition) is 2. The fourth-order valence-electron chi connectivity index (χ4n) is 2.01. The average molecular weight is 224 g/mol. The molecule has 0 aromatic heterocycles. The zero-order valence-electron chi connectivity index (χ0n) is 10.6. The maximum Gasteiger partial charge on any atom is 0.226 e. The standard InChI is InChI=1S/C13H24N2O/c1-14-9-6-10-15(2)13(16)11-12-7-4-3-5-8-12/h7,14H,3-6,8-11H2,1-2H3. The molecule has 16 heavy (non-hydrogen) atoms. The van der Waals surface area contributed by atoms with Gasteiger partial charge in [-0.25, -0.2) is 0 Å². The highest BCUT2D eigenvalue weighted by Crippen LogP contribution is 2.20. The lowest BCUT2D eigenvalue weighted by molar-refractivity contribution is -0.129. The number of nitrogens with one attached hydrogen (secondary N) is 1. The second-order valence-electron chi connectivity index (χ2n) is 4.56. The van der Waals surface area contributed by atoms with Crippen molar-refractivity contribution in [2.75, 3.05) is 27.2 Å². The summed E-state index contributed by atoms with van der Waals surface area (Å²) in [5.41, 5.74) is 1.34. The molecule has 3 nitrogen and oxygen atoms in total. The van der Waals surface area contributed by atoms with Gasteiger partial charge in [0.2, 0.25) is 5.91 Å². The van der Waals surface area contributed by atoms with Crippen LogP contribution in [0.2, 0.25) is 0 Å². The molecule has 0 unspecified atom stereocenters. The highest BCUT2D eigenvalue weighted by Gasteiger charge is 2.12. The second-order valence-corrected chi connectivity index (χ2v) is 4.56. The lowest BCUT2D eigenvalue weighted by Crippen LogP contribution is -2.29. The topological polar surface area (TPSA) is 32.3 Å². The summed E-state index contributed by atoms with van der Waals surface area (Å²) in [7, 11) is 3.84. The minimum atomic E-state index is 0.268. The van der Waals surface area contributed by atoms with E-state index in [2.05, 4.69) is 11.4 Å². The third-order valence-electron chi connectivity index (χ3n) is 3.11. The molecule has 0 spiro atoms. The lowest BCUT2D eigenvalue weighted by atomic mass is 9.97. The first-order valence-electron chi connectivity index (χ1n) is 6.30. The van der Waals surface area contributed by atoms with E-state index in [-0.39, 0.29) is 5.91 Å². The minimum absolute atomic E-state index is 0.268. The molecule has 1 rings (SSSR count). The van der Waals surface area contributed by atoms with Crippen LogP contribution in [0, 0.1) is 0 Å². The highest BCUT2D eigenvalue weighted by atomic mass is 16.2. The van der Waals surface area contributed by atoms with Gasteiger partial charge >= 0.3 is 0 Å². The van der Waals surface area contributed by atoms with E-state index in [1.165, 1.54) is 18.4 Å². The van der Waals surface area contributed by atoms with Gasteiger partial charge in [-0.15, -0.1) is 0 Å². The van der Waals surface area contributed by atoms with Gasteiger partial charge in [0, 0.05) is 20.0 Å². The summed E-state index contributed by atoms with van der Waals surface area (Å²) in [5, 5.41) is 3.09. The van der Waals surface area contributed by atoms with Crippen LogP contribution in [0.3, 0.4) is 0 Å².